The zero-order chi connectivity index (χ0) is 13.2. The quantitative estimate of drug-likeness (QED) is 0.889. The summed E-state index contributed by atoms with van der Waals surface area (Å²) in [5.41, 5.74) is 7.49. The van der Waals surface area contributed by atoms with Gasteiger partial charge in [-0.3, -0.25) is 4.57 Å². The van der Waals surface area contributed by atoms with Crippen LogP contribution in [0.4, 0.5) is 0 Å². The van der Waals surface area contributed by atoms with Crippen molar-refractivity contribution in [2.24, 2.45) is 5.73 Å². The first-order chi connectivity index (χ1) is 9.29. The summed E-state index contributed by atoms with van der Waals surface area (Å²) in [5, 5.41) is 8.28. The molecule has 2 aromatic rings. The molecule has 1 aromatic heterocycles. The Morgan fingerprint density at radius 3 is 2.68 bits per heavy atom. The number of nitrogens with zero attached hydrogens (tertiary/aromatic N) is 3. The van der Waals surface area contributed by atoms with Gasteiger partial charge >= 0.3 is 6.01 Å². The van der Waals surface area contributed by atoms with Crippen LogP contribution in [0.2, 0.25) is 0 Å². The van der Waals surface area contributed by atoms with E-state index in [2.05, 4.69) is 22.3 Å². The molecule has 5 heteroatoms. The van der Waals surface area contributed by atoms with Gasteiger partial charge in [-0.2, -0.15) is 0 Å². The van der Waals surface area contributed by atoms with Crippen LogP contribution in [0.1, 0.15) is 36.3 Å². The molecular formula is C14H18N4O. The molecule has 1 aromatic carbocycles. The van der Waals surface area contributed by atoms with Crippen LogP contribution < -0.4 is 10.5 Å². The number of hydrogen-bond acceptors (Lipinski definition) is 4. The molecule has 0 amide bonds. The van der Waals surface area contributed by atoms with Gasteiger partial charge in [-0.25, -0.2) is 0 Å². The van der Waals surface area contributed by atoms with Crippen molar-refractivity contribution < 1.29 is 4.74 Å². The van der Waals surface area contributed by atoms with E-state index in [0.717, 1.165) is 25.1 Å². The molecule has 0 unspecified atom stereocenters. The molecule has 1 saturated carbocycles. The SMILES string of the molecule is COc1nnc([C@H](N)Cc2ccccc2)n1C1CC1. The summed E-state index contributed by atoms with van der Waals surface area (Å²) >= 11 is 0. The van der Waals surface area contributed by atoms with E-state index in [-0.39, 0.29) is 6.04 Å². The Labute approximate surface area is 112 Å². The van der Waals surface area contributed by atoms with Crippen LogP contribution in [0, 0.1) is 0 Å². The van der Waals surface area contributed by atoms with Gasteiger partial charge in [0.05, 0.1) is 13.2 Å². The lowest BCUT2D eigenvalue weighted by Gasteiger charge is -2.13. The highest BCUT2D eigenvalue weighted by molar-refractivity contribution is 5.18. The number of rotatable bonds is 5. The van der Waals surface area contributed by atoms with E-state index in [0.29, 0.717) is 12.1 Å². The molecule has 1 aliphatic rings. The average molecular weight is 258 g/mol. The van der Waals surface area contributed by atoms with Gasteiger partial charge in [0.1, 0.15) is 0 Å². The molecule has 0 saturated heterocycles. The van der Waals surface area contributed by atoms with E-state index in [1.165, 1.54) is 5.56 Å². The van der Waals surface area contributed by atoms with Gasteiger partial charge in [-0.1, -0.05) is 35.4 Å². The summed E-state index contributed by atoms with van der Waals surface area (Å²) in [5.74, 6) is 0.822. The Bertz CT molecular complexity index is 548. The predicted octanol–water partition coefficient (Wildman–Crippen LogP) is 1.86. The maximum Gasteiger partial charge on any atom is 0.316 e. The molecule has 0 aliphatic heterocycles. The molecule has 3 rings (SSSR count). The van der Waals surface area contributed by atoms with Gasteiger partial charge < -0.3 is 10.5 Å². The minimum Gasteiger partial charge on any atom is -0.467 e. The van der Waals surface area contributed by atoms with Crippen LogP contribution in [0.25, 0.3) is 0 Å². The fraction of sp³-hybridized carbons (Fsp3) is 0.429. The zero-order valence-corrected chi connectivity index (χ0v) is 11.0. The Morgan fingerprint density at radius 1 is 1.32 bits per heavy atom. The monoisotopic (exact) mass is 258 g/mol. The van der Waals surface area contributed by atoms with Crippen molar-refractivity contribution >= 4 is 0 Å². The molecule has 2 N–H and O–H groups in total. The lowest BCUT2D eigenvalue weighted by atomic mass is 10.1. The molecule has 1 fully saturated rings. The molecule has 5 nitrogen and oxygen atoms in total. The van der Waals surface area contributed by atoms with Crippen molar-refractivity contribution in [2.75, 3.05) is 7.11 Å². The molecule has 1 atom stereocenters. The van der Waals surface area contributed by atoms with Gasteiger partial charge in [-0.05, 0) is 24.8 Å². The number of nitrogens with two attached hydrogens (primary N) is 1. The maximum absolute atomic E-state index is 6.28. The van der Waals surface area contributed by atoms with E-state index in [1.54, 1.807) is 7.11 Å². The highest BCUT2D eigenvalue weighted by Crippen LogP contribution is 2.39. The first-order valence-electron chi connectivity index (χ1n) is 6.58. The number of hydrogen-bond donors (Lipinski definition) is 1. The fourth-order valence-electron chi connectivity index (χ4n) is 2.32. The van der Waals surface area contributed by atoms with Crippen LogP contribution in [0.15, 0.2) is 30.3 Å². The van der Waals surface area contributed by atoms with Crippen molar-refractivity contribution in [1.82, 2.24) is 14.8 Å². The topological polar surface area (TPSA) is 66.0 Å². The average Bonchev–Trinajstić information content (AvgIpc) is 3.18. The minimum absolute atomic E-state index is 0.153. The lowest BCUT2D eigenvalue weighted by Crippen LogP contribution is -2.19. The second-order valence-corrected chi connectivity index (χ2v) is 4.94. The molecule has 1 heterocycles. The van der Waals surface area contributed by atoms with Gasteiger partial charge in [0, 0.05) is 6.04 Å². The fourth-order valence-corrected chi connectivity index (χ4v) is 2.32. The number of aromatic nitrogens is 3. The Balaban J connectivity index is 1.83. The van der Waals surface area contributed by atoms with Crippen molar-refractivity contribution in [1.29, 1.82) is 0 Å². The van der Waals surface area contributed by atoms with Crippen LogP contribution in [-0.4, -0.2) is 21.9 Å². The summed E-state index contributed by atoms with van der Waals surface area (Å²) in [6.45, 7) is 0. The summed E-state index contributed by atoms with van der Waals surface area (Å²) in [4.78, 5) is 0. The minimum atomic E-state index is -0.153. The third-order valence-corrected chi connectivity index (χ3v) is 3.42. The van der Waals surface area contributed by atoms with Crippen molar-refractivity contribution in [2.45, 2.75) is 31.3 Å². The summed E-state index contributed by atoms with van der Waals surface area (Å²) in [7, 11) is 1.62. The second kappa shape index (κ2) is 5.01. The molecule has 0 radical (unpaired) electrons. The Kier molecular flexibility index (Phi) is 3.21. The molecule has 19 heavy (non-hydrogen) atoms. The van der Waals surface area contributed by atoms with Crippen LogP contribution >= 0.6 is 0 Å². The van der Waals surface area contributed by atoms with Crippen molar-refractivity contribution in [3.63, 3.8) is 0 Å². The van der Waals surface area contributed by atoms with E-state index in [4.69, 9.17) is 10.5 Å². The Morgan fingerprint density at radius 2 is 2.05 bits per heavy atom. The van der Waals surface area contributed by atoms with Gasteiger partial charge in [0.2, 0.25) is 0 Å². The number of ether oxygens (including phenoxy) is 1. The maximum atomic E-state index is 6.28. The van der Waals surface area contributed by atoms with Gasteiger partial charge in [0.15, 0.2) is 5.82 Å². The predicted molar refractivity (Wildman–Crippen MR) is 71.9 cm³/mol. The normalized spacial score (nSPS) is 16.3. The second-order valence-electron chi connectivity index (χ2n) is 4.94. The van der Waals surface area contributed by atoms with E-state index >= 15 is 0 Å². The van der Waals surface area contributed by atoms with Crippen LogP contribution in [0.5, 0.6) is 6.01 Å². The molecule has 0 spiro atoms. The largest absolute Gasteiger partial charge is 0.467 e. The molecule has 1 aliphatic carbocycles. The summed E-state index contributed by atoms with van der Waals surface area (Å²) in [6.07, 6.45) is 3.06. The summed E-state index contributed by atoms with van der Waals surface area (Å²) < 4.78 is 7.31. The zero-order valence-electron chi connectivity index (χ0n) is 11.0. The molecular weight excluding hydrogens is 240 g/mol. The summed E-state index contributed by atoms with van der Waals surface area (Å²) in [6, 6.07) is 11.1. The van der Waals surface area contributed by atoms with Crippen molar-refractivity contribution in [3.8, 4) is 6.01 Å². The standard InChI is InChI=1S/C14H18N4O/c1-19-14-17-16-13(18(14)11-7-8-11)12(15)9-10-5-3-2-4-6-10/h2-6,11-12H,7-9,15H2,1H3/t12-/m1/s1. The van der Waals surface area contributed by atoms with E-state index < -0.39 is 0 Å². The van der Waals surface area contributed by atoms with E-state index in [1.807, 2.05) is 22.8 Å². The van der Waals surface area contributed by atoms with Gasteiger partial charge in [0.25, 0.3) is 0 Å². The first-order valence-corrected chi connectivity index (χ1v) is 6.58. The third kappa shape index (κ3) is 2.46. The van der Waals surface area contributed by atoms with E-state index in [9.17, 15) is 0 Å². The molecule has 0 bridgehead atoms. The Hall–Kier alpha value is -1.88. The smallest absolute Gasteiger partial charge is 0.316 e. The molecule has 100 valence electrons. The van der Waals surface area contributed by atoms with Crippen LogP contribution in [-0.2, 0) is 6.42 Å². The van der Waals surface area contributed by atoms with Crippen LogP contribution in [0.3, 0.4) is 0 Å². The number of benzene rings is 1. The lowest BCUT2D eigenvalue weighted by molar-refractivity contribution is 0.352. The van der Waals surface area contributed by atoms with Gasteiger partial charge in [-0.15, -0.1) is 5.10 Å². The first kappa shape index (κ1) is 12.2. The highest BCUT2D eigenvalue weighted by Gasteiger charge is 2.31. The van der Waals surface area contributed by atoms with Crippen molar-refractivity contribution in [3.05, 3.63) is 41.7 Å². The number of methoxy groups -OCH3 is 1. The third-order valence-electron chi connectivity index (χ3n) is 3.42. The highest BCUT2D eigenvalue weighted by atomic mass is 16.5.